The fourth-order valence-corrected chi connectivity index (χ4v) is 2.63. The standard InChI is InChI=1S/C20H28N2O5/c1-14-4-3-5-18(8-14)26-7-6-21-10-17(25)13-27-20-15(2)22-9-16(11-23)19(20)12-24/h3-5,8-9,17,21,23-25H,6-7,10-13H2,1-2H3. The largest absolute Gasteiger partial charge is 0.492 e. The molecule has 0 aliphatic carbocycles. The van der Waals surface area contributed by atoms with Crippen LogP contribution in [0.15, 0.2) is 30.5 Å². The lowest BCUT2D eigenvalue weighted by atomic mass is 10.1. The van der Waals surface area contributed by atoms with Gasteiger partial charge in [0.1, 0.15) is 30.8 Å². The number of aromatic nitrogens is 1. The van der Waals surface area contributed by atoms with Crippen molar-refractivity contribution in [3.8, 4) is 11.5 Å². The first-order valence-electron chi connectivity index (χ1n) is 8.95. The van der Waals surface area contributed by atoms with E-state index in [1.807, 2.05) is 31.2 Å². The highest BCUT2D eigenvalue weighted by Crippen LogP contribution is 2.25. The molecule has 0 saturated carbocycles. The smallest absolute Gasteiger partial charge is 0.146 e. The van der Waals surface area contributed by atoms with Gasteiger partial charge >= 0.3 is 0 Å². The molecule has 1 atom stereocenters. The molecule has 0 spiro atoms. The maximum Gasteiger partial charge on any atom is 0.146 e. The second kappa shape index (κ2) is 10.8. The van der Waals surface area contributed by atoms with Gasteiger partial charge in [-0.3, -0.25) is 4.98 Å². The number of benzene rings is 1. The van der Waals surface area contributed by atoms with E-state index >= 15 is 0 Å². The number of rotatable bonds is 11. The fraction of sp³-hybridized carbons (Fsp3) is 0.450. The monoisotopic (exact) mass is 376 g/mol. The van der Waals surface area contributed by atoms with Gasteiger partial charge in [0.25, 0.3) is 0 Å². The van der Waals surface area contributed by atoms with E-state index < -0.39 is 6.10 Å². The van der Waals surface area contributed by atoms with Crippen LogP contribution in [0.25, 0.3) is 0 Å². The van der Waals surface area contributed by atoms with Crippen molar-refractivity contribution in [2.75, 3.05) is 26.3 Å². The molecular formula is C20H28N2O5. The van der Waals surface area contributed by atoms with Crippen LogP contribution in [-0.2, 0) is 13.2 Å². The summed E-state index contributed by atoms with van der Waals surface area (Å²) in [5.41, 5.74) is 2.75. The number of hydrogen-bond acceptors (Lipinski definition) is 7. The Balaban J connectivity index is 1.73. The molecule has 0 amide bonds. The molecule has 148 valence electrons. The van der Waals surface area contributed by atoms with Crippen LogP contribution in [0.5, 0.6) is 11.5 Å². The van der Waals surface area contributed by atoms with Crippen molar-refractivity contribution in [1.29, 1.82) is 0 Å². The zero-order valence-corrected chi connectivity index (χ0v) is 15.8. The van der Waals surface area contributed by atoms with Gasteiger partial charge in [-0.25, -0.2) is 0 Å². The molecule has 0 aliphatic rings. The average Bonchev–Trinajstić information content (AvgIpc) is 2.66. The van der Waals surface area contributed by atoms with Gasteiger partial charge in [0.15, 0.2) is 0 Å². The maximum absolute atomic E-state index is 10.1. The molecule has 1 aromatic carbocycles. The number of pyridine rings is 1. The maximum atomic E-state index is 10.1. The summed E-state index contributed by atoms with van der Waals surface area (Å²) in [4.78, 5) is 4.15. The zero-order chi connectivity index (χ0) is 19.6. The molecule has 0 bridgehead atoms. The molecule has 7 heteroatoms. The van der Waals surface area contributed by atoms with Gasteiger partial charge in [0.2, 0.25) is 0 Å². The highest BCUT2D eigenvalue weighted by molar-refractivity contribution is 5.41. The molecule has 4 N–H and O–H groups in total. The summed E-state index contributed by atoms with van der Waals surface area (Å²) in [5.74, 6) is 1.23. The average molecular weight is 376 g/mol. The highest BCUT2D eigenvalue weighted by atomic mass is 16.5. The van der Waals surface area contributed by atoms with Gasteiger partial charge in [0.05, 0.1) is 18.9 Å². The third-order valence-electron chi connectivity index (χ3n) is 4.07. The predicted octanol–water partition coefficient (Wildman–Crippen LogP) is 1.09. The van der Waals surface area contributed by atoms with Gasteiger partial charge in [0, 0.05) is 30.4 Å². The van der Waals surface area contributed by atoms with Crippen molar-refractivity contribution in [3.63, 3.8) is 0 Å². The van der Waals surface area contributed by atoms with Crippen molar-refractivity contribution >= 4 is 0 Å². The number of nitrogens with one attached hydrogen (secondary N) is 1. The molecule has 27 heavy (non-hydrogen) atoms. The predicted molar refractivity (Wildman–Crippen MR) is 102 cm³/mol. The van der Waals surface area contributed by atoms with E-state index in [0.29, 0.717) is 42.3 Å². The molecular weight excluding hydrogens is 348 g/mol. The van der Waals surface area contributed by atoms with E-state index in [1.165, 1.54) is 6.20 Å². The lowest BCUT2D eigenvalue weighted by Crippen LogP contribution is -2.34. The Labute approximate surface area is 159 Å². The quantitative estimate of drug-likeness (QED) is 0.435. The number of ether oxygens (including phenoxy) is 2. The normalized spacial score (nSPS) is 12.0. The topological polar surface area (TPSA) is 104 Å². The minimum Gasteiger partial charge on any atom is -0.492 e. The Morgan fingerprint density at radius 3 is 2.67 bits per heavy atom. The van der Waals surface area contributed by atoms with Crippen molar-refractivity contribution in [1.82, 2.24) is 10.3 Å². The minimum atomic E-state index is -0.729. The van der Waals surface area contributed by atoms with Gasteiger partial charge in [-0.15, -0.1) is 0 Å². The summed E-state index contributed by atoms with van der Waals surface area (Å²) in [6.45, 7) is 4.75. The minimum absolute atomic E-state index is 0.0517. The Morgan fingerprint density at radius 1 is 1.15 bits per heavy atom. The fourth-order valence-electron chi connectivity index (χ4n) is 2.63. The van der Waals surface area contributed by atoms with Crippen LogP contribution in [0.3, 0.4) is 0 Å². The first-order valence-corrected chi connectivity index (χ1v) is 8.95. The summed E-state index contributed by atoms with van der Waals surface area (Å²) < 4.78 is 11.3. The summed E-state index contributed by atoms with van der Waals surface area (Å²) in [6.07, 6.45) is 0.785. The van der Waals surface area contributed by atoms with E-state index in [1.54, 1.807) is 6.92 Å². The van der Waals surface area contributed by atoms with Gasteiger partial charge in [-0.05, 0) is 31.5 Å². The van der Waals surface area contributed by atoms with Crippen LogP contribution < -0.4 is 14.8 Å². The van der Waals surface area contributed by atoms with Crippen molar-refractivity contribution in [3.05, 3.63) is 52.8 Å². The number of aliphatic hydroxyl groups excluding tert-OH is 3. The third-order valence-corrected chi connectivity index (χ3v) is 4.07. The third kappa shape index (κ3) is 6.48. The number of hydrogen-bond donors (Lipinski definition) is 4. The van der Waals surface area contributed by atoms with Crippen molar-refractivity contribution < 1.29 is 24.8 Å². The summed E-state index contributed by atoms with van der Waals surface area (Å²) >= 11 is 0. The van der Waals surface area contributed by atoms with Crippen LogP contribution in [0.4, 0.5) is 0 Å². The lowest BCUT2D eigenvalue weighted by molar-refractivity contribution is 0.103. The summed E-state index contributed by atoms with van der Waals surface area (Å²) in [6, 6.07) is 7.84. The van der Waals surface area contributed by atoms with E-state index in [0.717, 1.165) is 11.3 Å². The van der Waals surface area contributed by atoms with E-state index in [-0.39, 0.29) is 19.8 Å². The van der Waals surface area contributed by atoms with Crippen LogP contribution in [0, 0.1) is 13.8 Å². The molecule has 1 heterocycles. The van der Waals surface area contributed by atoms with Crippen LogP contribution in [0.2, 0.25) is 0 Å². The van der Waals surface area contributed by atoms with E-state index in [4.69, 9.17) is 9.47 Å². The molecule has 2 rings (SSSR count). The Hall–Kier alpha value is -2.19. The van der Waals surface area contributed by atoms with Gasteiger partial charge < -0.3 is 30.1 Å². The van der Waals surface area contributed by atoms with Gasteiger partial charge in [-0.1, -0.05) is 12.1 Å². The Bertz CT molecular complexity index is 724. The second-order valence-corrected chi connectivity index (χ2v) is 6.33. The lowest BCUT2D eigenvalue weighted by Gasteiger charge is -2.18. The molecule has 0 radical (unpaired) electrons. The molecule has 2 aromatic rings. The highest BCUT2D eigenvalue weighted by Gasteiger charge is 2.14. The number of aliphatic hydroxyl groups is 3. The number of aryl methyl sites for hydroxylation is 2. The molecule has 1 unspecified atom stereocenters. The van der Waals surface area contributed by atoms with Crippen molar-refractivity contribution in [2.24, 2.45) is 0 Å². The van der Waals surface area contributed by atoms with Crippen LogP contribution >= 0.6 is 0 Å². The molecule has 0 aliphatic heterocycles. The molecule has 0 fully saturated rings. The van der Waals surface area contributed by atoms with Crippen LogP contribution in [0.1, 0.15) is 22.4 Å². The second-order valence-electron chi connectivity index (χ2n) is 6.33. The molecule has 1 aromatic heterocycles. The Morgan fingerprint density at radius 2 is 1.96 bits per heavy atom. The van der Waals surface area contributed by atoms with Crippen molar-refractivity contribution in [2.45, 2.75) is 33.2 Å². The summed E-state index contributed by atoms with van der Waals surface area (Å²) in [7, 11) is 0. The molecule has 0 saturated heterocycles. The van der Waals surface area contributed by atoms with E-state index in [9.17, 15) is 15.3 Å². The number of nitrogens with zero attached hydrogens (tertiary/aromatic N) is 1. The first kappa shape index (κ1) is 21.1. The van der Waals surface area contributed by atoms with E-state index in [2.05, 4.69) is 10.3 Å². The first-order chi connectivity index (χ1) is 13.0. The zero-order valence-electron chi connectivity index (χ0n) is 15.8. The molecule has 7 nitrogen and oxygen atoms in total. The Kier molecular flexibility index (Phi) is 8.47. The van der Waals surface area contributed by atoms with Gasteiger partial charge in [-0.2, -0.15) is 0 Å². The SMILES string of the molecule is Cc1cccc(OCCNCC(O)COc2c(C)ncc(CO)c2CO)c1. The summed E-state index contributed by atoms with van der Waals surface area (Å²) in [5, 5.41) is 32.0. The van der Waals surface area contributed by atoms with Crippen LogP contribution in [-0.4, -0.2) is 52.7 Å².